The number of para-hydroxylation sites is 1. The van der Waals surface area contributed by atoms with E-state index in [-0.39, 0.29) is 0 Å². The van der Waals surface area contributed by atoms with Crippen LogP contribution in [0, 0.1) is 0 Å². The van der Waals surface area contributed by atoms with Crippen LogP contribution in [0.3, 0.4) is 0 Å². The third-order valence-corrected chi connectivity index (χ3v) is 5.74. The maximum atomic E-state index is 6.29. The Morgan fingerprint density at radius 2 is 1.04 bits per heavy atom. The van der Waals surface area contributed by atoms with E-state index >= 15 is 0 Å². The highest BCUT2D eigenvalue weighted by molar-refractivity contribution is 6.39. The molecule has 0 atom stereocenters. The number of rotatable bonds is 0. The molecule has 3 aromatic heterocycles. The molecule has 3 heteroatoms. The summed E-state index contributed by atoms with van der Waals surface area (Å²) < 4.78 is 12.5. The van der Waals surface area contributed by atoms with E-state index in [0.717, 1.165) is 43.9 Å². The highest BCUT2D eigenvalue weighted by Crippen LogP contribution is 2.45. The fourth-order valence-corrected chi connectivity index (χ4v) is 4.65. The number of hydrogen-bond donors (Lipinski definition) is 0. The van der Waals surface area contributed by atoms with Crippen LogP contribution in [-0.2, 0) is 0 Å². The van der Waals surface area contributed by atoms with Crippen molar-refractivity contribution in [1.82, 2.24) is 4.98 Å². The minimum absolute atomic E-state index is 0.791. The Labute approximate surface area is 158 Å². The molecule has 0 amide bonds. The lowest BCUT2D eigenvalue weighted by Crippen LogP contribution is -1.90. The molecule has 0 bridgehead atoms. The second-order valence-electron chi connectivity index (χ2n) is 7.18. The molecule has 0 aliphatic carbocycles. The van der Waals surface area contributed by atoms with Gasteiger partial charge in [0.15, 0.2) is 5.58 Å². The van der Waals surface area contributed by atoms with Gasteiger partial charge in [0.1, 0.15) is 16.7 Å². The quantitative estimate of drug-likeness (QED) is 0.212. The van der Waals surface area contributed by atoms with Crippen molar-refractivity contribution < 1.29 is 8.83 Å². The van der Waals surface area contributed by atoms with Crippen LogP contribution in [-0.4, -0.2) is 4.98 Å². The molecule has 3 heterocycles. The smallest absolute Gasteiger partial charge is 0.153 e. The molecule has 130 valence electrons. The third-order valence-electron chi connectivity index (χ3n) is 5.74. The lowest BCUT2D eigenvalue weighted by Gasteiger charge is -2.16. The van der Waals surface area contributed by atoms with Gasteiger partial charge in [-0.1, -0.05) is 42.5 Å². The van der Waals surface area contributed by atoms with Crippen molar-refractivity contribution in [1.29, 1.82) is 0 Å². The van der Waals surface area contributed by atoms with Crippen molar-refractivity contribution in [2.24, 2.45) is 0 Å². The van der Waals surface area contributed by atoms with E-state index in [1.54, 1.807) is 6.20 Å². The fraction of sp³-hybridized carbons (Fsp3) is 0. The molecule has 0 unspecified atom stereocenters. The average molecular weight is 359 g/mol. The molecule has 7 rings (SSSR count). The van der Waals surface area contributed by atoms with Crippen LogP contribution in [0.25, 0.3) is 65.4 Å². The predicted octanol–water partition coefficient (Wildman–Crippen LogP) is 7.19. The normalized spacial score (nSPS) is 12.3. The summed E-state index contributed by atoms with van der Waals surface area (Å²) in [7, 11) is 0. The third kappa shape index (κ3) is 1.62. The van der Waals surface area contributed by atoms with Gasteiger partial charge in [0.05, 0.1) is 6.20 Å². The largest absolute Gasteiger partial charge is 0.456 e. The molecule has 0 saturated heterocycles. The summed E-state index contributed by atoms with van der Waals surface area (Å²) >= 11 is 0. The van der Waals surface area contributed by atoms with E-state index in [4.69, 9.17) is 8.83 Å². The van der Waals surface area contributed by atoms with E-state index in [1.807, 2.05) is 30.5 Å². The van der Waals surface area contributed by atoms with Gasteiger partial charge in [-0.05, 0) is 35.0 Å². The van der Waals surface area contributed by atoms with Gasteiger partial charge in [-0.2, -0.15) is 0 Å². The molecule has 4 aromatic carbocycles. The van der Waals surface area contributed by atoms with Gasteiger partial charge in [0, 0.05) is 38.5 Å². The maximum Gasteiger partial charge on any atom is 0.153 e. The van der Waals surface area contributed by atoms with E-state index in [0.29, 0.717) is 0 Å². The summed E-state index contributed by atoms with van der Waals surface area (Å²) in [5.74, 6) is 0. The van der Waals surface area contributed by atoms with Crippen molar-refractivity contribution in [3.63, 3.8) is 0 Å². The minimum Gasteiger partial charge on any atom is -0.456 e. The van der Waals surface area contributed by atoms with E-state index in [9.17, 15) is 0 Å². The Balaban J connectivity index is 2.02. The summed E-state index contributed by atoms with van der Waals surface area (Å²) in [4.78, 5) is 4.28. The van der Waals surface area contributed by atoms with Gasteiger partial charge in [0.25, 0.3) is 0 Å². The first kappa shape index (κ1) is 14.2. The monoisotopic (exact) mass is 359 g/mol. The number of nitrogens with zero attached hydrogens (tertiary/aromatic N) is 1. The van der Waals surface area contributed by atoms with E-state index in [2.05, 4.69) is 47.4 Å². The van der Waals surface area contributed by atoms with E-state index < -0.39 is 0 Å². The number of fused-ring (bicyclic) bond motifs is 6. The van der Waals surface area contributed by atoms with Crippen LogP contribution in [0.1, 0.15) is 0 Å². The molecule has 0 N–H and O–H groups in total. The SMILES string of the molecule is c1ccc2c(c1)oc1cccc3c4cccc5oc6cnccc6c(c54)c2c13. The molecule has 28 heavy (non-hydrogen) atoms. The number of pyridine rings is 1. The predicted molar refractivity (Wildman–Crippen MR) is 114 cm³/mol. The van der Waals surface area contributed by atoms with Gasteiger partial charge < -0.3 is 8.83 Å². The highest BCUT2D eigenvalue weighted by atomic mass is 16.3. The van der Waals surface area contributed by atoms with Crippen LogP contribution in [0.15, 0.2) is 88.0 Å². The zero-order chi connectivity index (χ0) is 18.2. The molecule has 0 aliphatic heterocycles. The number of hydrogen-bond acceptors (Lipinski definition) is 3. The molecule has 3 nitrogen and oxygen atoms in total. The van der Waals surface area contributed by atoms with Crippen LogP contribution in [0.4, 0.5) is 0 Å². The molecule has 0 spiro atoms. The lowest BCUT2D eigenvalue weighted by molar-refractivity contribution is 0.659. The summed E-state index contributed by atoms with van der Waals surface area (Å²) in [6, 6.07) is 22.8. The molecule has 0 radical (unpaired) electrons. The number of benzene rings is 4. The van der Waals surface area contributed by atoms with Gasteiger partial charge in [0.2, 0.25) is 0 Å². The van der Waals surface area contributed by atoms with Crippen molar-refractivity contribution >= 4 is 65.4 Å². The standard InChI is InChI=1S/C25H13NO2/c1-2-8-18-16(5-1)24-22-14(6-3-9-19(22)27-18)15-7-4-10-20-23(15)25(24)17-11-12-26-13-21(17)28-20/h1-13H. The highest BCUT2D eigenvalue weighted by Gasteiger charge is 2.19. The Morgan fingerprint density at radius 1 is 0.464 bits per heavy atom. The number of aromatic nitrogens is 1. The second kappa shape index (κ2) is 4.90. The maximum absolute atomic E-state index is 6.29. The molecule has 7 aromatic rings. The van der Waals surface area contributed by atoms with E-state index in [1.165, 1.54) is 21.5 Å². The van der Waals surface area contributed by atoms with Gasteiger partial charge in [-0.15, -0.1) is 0 Å². The fourth-order valence-electron chi connectivity index (χ4n) is 4.65. The molecule has 0 saturated carbocycles. The first-order valence-corrected chi connectivity index (χ1v) is 9.31. The topological polar surface area (TPSA) is 39.2 Å². The zero-order valence-electron chi connectivity index (χ0n) is 14.8. The minimum atomic E-state index is 0.791. The zero-order valence-corrected chi connectivity index (χ0v) is 14.8. The first-order valence-electron chi connectivity index (χ1n) is 9.31. The van der Waals surface area contributed by atoms with Gasteiger partial charge in [-0.3, -0.25) is 4.98 Å². The van der Waals surface area contributed by atoms with Crippen LogP contribution < -0.4 is 0 Å². The lowest BCUT2D eigenvalue weighted by atomic mass is 9.90. The molecular weight excluding hydrogens is 346 g/mol. The summed E-state index contributed by atoms with van der Waals surface area (Å²) in [6.45, 7) is 0. The Morgan fingerprint density at radius 3 is 1.79 bits per heavy atom. The molecule has 0 fully saturated rings. The molecular formula is C25H13NO2. The average Bonchev–Trinajstić information content (AvgIpc) is 2.75. The summed E-state index contributed by atoms with van der Waals surface area (Å²) in [5, 5.41) is 9.27. The van der Waals surface area contributed by atoms with Crippen molar-refractivity contribution in [2.75, 3.05) is 0 Å². The Kier molecular flexibility index (Phi) is 2.49. The second-order valence-corrected chi connectivity index (χ2v) is 7.18. The van der Waals surface area contributed by atoms with Gasteiger partial charge in [-0.25, -0.2) is 0 Å². The summed E-state index contributed by atoms with van der Waals surface area (Å²) in [5.41, 5.74) is 3.45. The Hall–Kier alpha value is -3.85. The van der Waals surface area contributed by atoms with Gasteiger partial charge >= 0.3 is 0 Å². The van der Waals surface area contributed by atoms with Crippen LogP contribution in [0.2, 0.25) is 0 Å². The van der Waals surface area contributed by atoms with Crippen molar-refractivity contribution in [2.45, 2.75) is 0 Å². The Bertz CT molecular complexity index is 1590. The molecule has 0 aliphatic rings. The van der Waals surface area contributed by atoms with Crippen LogP contribution >= 0.6 is 0 Å². The van der Waals surface area contributed by atoms with Crippen LogP contribution in [0.5, 0.6) is 0 Å². The van der Waals surface area contributed by atoms with Crippen molar-refractivity contribution in [3.05, 3.63) is 79.1 Å². The summed E-state index contributed by atoms with van der Waals surface area (Å²) in [6.07, 6.45) is 3.63. The first-order chi connectivity index (χ1) is 13.9. The van der Waals surface area contributed by atoms with Crippen molar-refractivity contribution in [3.8, 4) is 0 Å².